The number of aryl methyl sites for hydroxylation is 1. The molecular formula is C15H22N2O. The molecule has 2 rings (SSSR count). The van der Waals surface area contributed by atoms with E-state index in [1.807, 2.05) is 17.0 Å². The number of hydrogen-bond donors (Lipinski definition) is 1. The number of nitrogens with two attached hydrogens (primary N) is 1. The predicted molar refractivity (Wildman–Crippen MR) is 75.7 cm³/mol. The van der Waals surface area contributed by atoms with Gasteiger partial charge in [-0.15, -0.1) is 0 Å². The molecule has 18 heavy (non-hydrogen) atoms. The van der Waals surface area contributed by atoms with Crippen molar-refractivity contribution in [3.8, 4) is 0 Å². The fraction of sp³-hybridized carbons (Fsp3) is 0.533. The maximum atomic E-state index is 11.8. The van der Waals surface area contributed by atoms with E-state index in [1.165, 1.54) is 12.0 Å². The molecule has 0 saturated carbocycles. The van der Waals surface area contributed by atoms with E-state index in [0.29, 0.717) is 6.42 Å². The van der Waals surface area contributed by atoms with Crippen LogP contribution in [-0.2, 0) is 11.2 Å². The highest BCUT2D eigenvalue weighted by molar-refractivity contribution is 5.94. The second-order valence-corrected chi connectivity index (χ2v) is 4.99. The van der Waals surface area contributed by atoms with Crippen LogP contribution in [0.4, 0.5) is 11.4 Å². The summed E-state index contributed by atoms with van der Waals surface area (Å²) in [6.07, 6.45) is 6.12. The standard InChI is InChI=1S/C15H22N2O/c1-2-3-6-12-8-9-13(11-14(12)16)17-10-5-4-7-15(17)18/h8-9,11H,2-7,10,16H2,1H3. The van der Waals surface area contributed by atoms with E-state index >= 15 is 0 Å². The molecule has 1 aromatic carbocycles. The van der Waals surface area contributed by atoms with Crippen LogP contribution in [0, 0.1) is 0 Å². The van der Waals surface area contributed by atoms with Gasteiger partial charge in [0, 0.05) is 24.3 Å². The highest BCUT2D eigenvalue weighted by atomic mass is 16.2. The van der Waals surface area contributed by atoms with Crippen molar-refractivity contribution in [1.29, 1.82) is 0 Å². The molecule has 1 aliphatic rings. The molecule has 0 unspecified atom stereocenters. The summed E-state index contributed by atoms with van der Waals surface area (Å²) in [5.74, 6) is 0.224. The topological polar surface area (TPSA) is 46.3 Å². The normalized spacial score (nSPS) is 16.1. The van der Waals surface area contributed by atoms with Crippen LogP contribution >= 0.6 is 0 Å². The van der Waals surface area contributed by atoms with E-state index in [2.05, 4.69) is 13.0 Å². The Morgan fingerprint density at radius 1 is 1.33 bits per heavy atom. The first-order chi connectivity index (χ1) is 8.72. The van der Waals surface area contributed by atoms with Gasteiger partial charge >= 0.3 is 0 Å². The van der Waals surface area contributed by atoms with E-state index in [-0.39, 0.29) is 5.91 Å². The van der Waals surface area contributed by atoms with Crippen LogP contribution in [0.5, 0.6) is 0 Å². The number of anilines is 2. The third-order valence-electron chi connectivity index (χ3n) is 3.56. The average molecular weight is 246 g/mol. The maximum Gasteiger partial charge on any atom is 0.226 e. The van der Waals surface area contributed by atoms with Crippen LogP contribution in [-0.4, -0.2) is 12.5 Å². The molecule has 0 spiro atoms. The SMILES string of the molecule is CCCCc1ccc(N2CCCCC2=O)cc1N. The van der Waals surface area contributed by atoms with Crippen LogP contribution in [0.3, 0.4) is 0 Å². The molecule has 0 bridgehead atoms. The molecule has 1 aromatic rings. The molecule has 0 radical (unpaired) electrons. The van der Waals surface area contributed by atoms with Crippen molar-refractivity contribution < 1.29 is 4.79 Å². The van der Waals surface area contributed by atoms with E-state index in [1.54, 1.807) is 0 Å². The summed E-state index contributed by atoms with van der Waals surface area (Å²) in [7, 11) is 0. The number of unbranched alkanes of at least 4 members (excludes halogenated alkanes) is 1. The number of rotatable bonds is 4. The van der Waals surface area contributed by atoms with Gasteiger partial charge in [-0.2, -0.15) is 0 Å². The van der Waals surface area contributed by atoms with Gasteiger partial charge in [-0.1, -0.05) is 19.4 Å². The Labute approximate surface area is 109 Å². The van der Waals surface area contributed by atoms with Gasteiger partial charge < -0.3 is 10.6 Å². The zero-order valence-electron chi connectivity index (χ0n) is 11.1. The molecule has 1 heterocycles. The Morgan fingerprint density at radius 2 is 2.17 bits per heavy atom. The summed E-state index contributed by atoms with van der Waals surface area (Å²) in [4.78, 5) is 13.7. The van der Waals surface area contributed by atoms with Crippen LogP contribution < -0.4 is 10.6 Å². The van der Waals surface area contributed by atoms with Crippen molar-refractivity contribution in [2.24, 2.45) is 0 Å². The molecule has 98 valence electrons. The Bertz CT molecular complexity index is 429. The molecule has 2 N–H and O–H groups in total. The lowest BCUT2D eigenvalue weighted by molar-refractivity contribution is -0.119. The molecule has 1 aliphatic heterocycles. The van der Waals surface area contributed by atoms with Crippen LogP contribution in [0.25, 0.3) is 0 Å². The summed E-state index contributed by atoms with van der Waals surface area (Å²) in [5.41, 5.74) is 9.05. The van der Waals surface area contributed by atoms with Gasteiger partial charge in [-0.05, 0) is 43.4 Å². The van der Waals surface area contributed by atoms with Crippen molar-refractivity contribution >= 4 is 17.3 Å². The Kier molecular flexibility index (Phi) is 4.24. The zero-order valence-corrected chi connectivity index (χ0v) is 11.1. The van der Waals surface area contributed by atoms with Gasteiger partial charge in [-0.3, -0.25) is 4.79 Å². The lowest BCUT2D eigenvalue weighted by Gasteiger charge is -2.27. The Morgan fingerprint density at radius 3 is 2.83 bits per heavy atom. The molecule has 0 aromatic heterocycles. The Hall–Kier alpha value is -1.51. The number of nitrogens with zero attached hydrogens (tertiary/aromatic N) is 1. The lowest BCUT2D eigenvalue weighted by atomic mass is 10.0. The van der Waals surface area contributed by atoms with Gasteiger partial charge in [0.25, 0.3) is 0 Å². The second-order valence-electron chi connectivity index (χ2n) is 4.99. The first-order valence-electron chi connectivity index (χ1n) is 6.91. The molecule has 0 atom stereocenters. The minimum Gasteiger partial charge on any atom is -0.398 e. The van der Waals surface area contributed by atoms with Crippen LogP contribution in [0.1, 0.15) is 44.6 Å². The monoisotopic (exact) mass is 246 g/mol. The largest absolute Gasteiger partial charge is 0.398 e. The molecular weight excluding hydrogens is 224 g/mol. The quantitative estimate of drug-likeness (QED) is 0.830. The molecule has 1 saturated heterocycles. The van der Waals surface area contributed by atoms with Crippen LogP contribution in [0.2, 0.25) is 0 Å². The number of piperidine rings is 1. The van der Waals surface area contributed by atoms with E-state index in [0.717, 1.165) is 43.6 Å². The molecule has 3 nitrogen and oxygen atoms in total. The molecule has 1 amide bonds. The summed E-state index contributed by atoms with van der Waals surface area (Å²) in [5, 5.41) is 0. The van der Waals surface area contributed by atoms with E-state index < -0.39 is 0 Å². The highest BCUT2D eigenvalue weighted by Crippen LogP contribution is 2.25. The summed E-state index contributed by atoms with van der Waals surface area (Å²) in [6.45, 7) is 3.00. The number of hydrogen-bond acceptors (Lipinski definition) is 2. The number of carbonyl (C=O) groups excluding carboxylic acids is 1. The van der Waals surface area contributed by atoms with Crippen molar-refractivity contribution in [1.82, 2.24) is 0 Å². The lowest BCUT2D eigenvalue weighted by Crippen LogP contribution is -2.35. The minimum absolute atomic E-state index is 0.224. The average Bonchev–Trinajstić information content (AvgIpc) is 2.38. The zero-order chi connectivity index (χ0) is 13.0. The summed E-state index contributed by atoms with van der Waals surface area (Å²) in [6, 6.07) is 6.06. The maximum absolute atomic E-state index is 11.8. The number of benzene rings is 1. The van der Waals surface area contributed by atoms with E-state index in [4.69, 9.17) is 5.73 Å². The summed E-state index contributed by atoms with van der Waals surface area (Å²) < 4.78 is 0. The van der Waals surface area contributed by atoms with E-state index in [9.17, 15) is 4.79 Å². The number of carbonyl (C=O) groups is 1. The number of nitrogen functional groups attached to an aromatic ring is 1. The number of amides is 1. The van der Waals surface area contributed by atoms with Crippen molar-refractivity contribution in [2.75, 3.05) is 17.2 Å². The van der Waals surface area contributed by atoms with Gasteiger partial charge in [0.1, 0.15) is 0 Å². The summed E-state index contributed by atoms with van der Waals surface area (Å²) >= 11 is 0. The van der Waals surface area contributed by atoms with Crippen molar-refractivity contribution in [3.05, 3.63) is 23.8 Å². The third kappa shape index (κ3) is 2.84. The molecule has 3 heteroatoms. The van der Waals surface area contributed by atoms with Crippen molar-refractivity contribution in [2.45, 2.75) is 45.4 Å². The highest BCUT2D eigenvalue weighted by Gasteiger charge is 2.19. The Balaban J connectivity index is 2.14. The fourth-order valence-electron chi connectivity index (χ4n) is 2.42. The van der Waals surface area contributed by atoms with Gasteiger partial charge in [0.2, 0.25) is 5.91 Å². The predicted octanol–water partition coefficient (Wildman–Crippen LogP) is 3.13. The fourth-order valence-corrected chi connectivity index (χ4v) is 2.42. The minimum atomic E-state index is 0.224. The molecule has 0 aliphatic carbocycles. The molecule has 1 fully saturated rings. The smallest absolute Gasteiger partial charge is 0.226 e. The third-order valence-corrected chi connectivity index (χ3v) is 3.56. The van der Waals surface area contributed by atoms with Gasteiger partial charge in [-0.25, -0.2) is 0 Å². The first-order valence-corrected chi connectivity index (χ1v) is 6.91. The van der Waals surface area contributed by atoms with Gasteiger partial charge in [0.15, 0.2) is 0 Å². The van der Waals surface area contributed by atoms with Crippen molar-refractivity contribution in [3.63, 3.8) is 0 Å². The van der Waals surface area contributed by atoms with Gasteiger partial charge in [0.05, 0.1) is 0 Å². The first kappa shape index (κ1) is 12.9. The second kappa shape index (κ2) is 5.89. The van der Waals surface area contributed by atoms with Crippen LogP contribution in [0.15, 0.2) is 18.2 Å².